The molecule has 0 aliphatic heterocycles. The maximum Gasteiger partial charge on any atom is 0.165 e. The molecule has 0 unspecified atom stereocenters. The second kappa shape index (κ2) is 4.28. The van der Waals surface area contributed by atoms with Gasteiger partial charge in [-0.05, 0) is 13.0 Å². The molecule has 0 radical (unpaired) electrons. The fraction of sp³-hybridized carbons (Fsp3) is 0.250. The van der Waals surface area contributed by atoms with Crippen molar-refractivity contribution in [3.8, 4) is 5.75 Å². The van der Waals surface area contributed by atoms with Crippen molar-refractivity contribution in [1.82, 2.24) is 0 Å². The standard InChI is InChI=1S/C8H10FNO.ClH/c1-5(10)6-3-2-4-7(9)8(6)11;/h2-5,11H,10H2,1H3;1H/t5-;/m0./s1. The Morgan fingerprint density at radius 3 is 2.50 bits per heavy atom. The highest BCUT2D eigenvalue weighted by molar-refractivity contribution is 5.85. The number of rotatable bonds is 1. The minimum atomic E-state index is -0.625. The third-order valence-corrected chi connectivity index (χ3v) is 1.51. The first kappa shape index (κ1) is 11.2. The van der Waals surface area contributed by atoms with Crippen molar-refractivity contribution >= 4 is 12.4 Å². The Hall–Kier alpha value is -0.800. The van der Waals surface area contributed by atoms with Crippen molar-refractivity contribution in [2.45, 2.75) is 13.0 Å². The molecule has 0 saturated heterocycles. The number of nitrogens with two attached hydrogens (primary N) is 1. The number of phenols is 1. The summed E-state index contributed by atoms with van der Waals surface area (Å²) in [5.41, 5.74) is 5.89. The van der Waals surface area contributed by atoms with Crippen LogP contribution in [-0.2, 0) is 0 Å². The molecule has 3 N–H and O–H groups in total. The Balaban J connectivity index is 0.00000121. The van der Waals surface area contributed by atoms with Gasteiger partial charge in [-0.15, -0.1) is 12.4 Å². The van der Waals surface area contributed by atoms with Crippen LogP contribution in [0.25, 0.3) is 0 Å². The lowest BCUT2D eigenvalue weighted by Crippen LogP contribution is -2.05. The fourth-order valence-corrected chi connectivity index (χ4v) is 0.899. The Bertz CT molecular complexity index is 265. The molecule has 0 aliphatic rings. The molecule has 0 heterocycles. The number of aromatic hydroxyl groups is 1. The van der Waals surface area contributed by atoms with Crippen LogP contribution < -0.4 is 5.73 Å². The van der Waals surface area contributed by atoms with E-state index in [9.17, 15) is 4.39 Å². The highest BCUT2D eigenvalue weighted by Gasteiger charge is 2.08. The lowest BCUT2D eigenvalue weighted by molar-refractivity contribution is 0.422. The van der Waals surface area contributed by atoms with E-state index in [2.05, 4.69) is 0 Å². The number of hydrogen-bond donors (Lipinski definition) is 2. The van der Waals surface area contributed by atoms with Crippen LogP contribution >= 0.6 is 12.4 Å². The SMILES string of the molecule is C[C@H](N)c1cccc(F)c1O.Cl. The molecule has 4 heteroatoms. The lowest BCUT2D eigenvalue weighted by atomic mass is 10.1. The predicted molar refractivity (Wildman–Crippen MR) is 47.9 cm³/mol. The average Bonchev–Trinajstić information content (AvgIpc) is 1.94. The van der Waals surface area contributed by atoms with E-state index < -0.39 is 5.82 Å². The summed E-state index contributed by atoms with van der Waals surface area (Å²) < 4.78 is 12.6. The molecule has 0 spiro atoms. The number of benzene rings is 1. The van der Waals surface area contributed by atoms with Gasteiger partial charge < -0.3 is 10.8 Å². The van der Waals surface area contributed by atoms with Crippen LogP contribution in [-0.4, -0.2) is 5.11 Å². The summed E-state index contributed by atoms with van der Waals surface area (Å²) in [5.74, 6) is -0.970. The molecule has 68 valence electrons. The van der Waals surface area contributed by atoms with Crippen molar-refractivity contribution in [3.63, 3.8) is 0 Å². The minimum absolute atomic E-state index is 0. The van der Waals surface area contributed by atoms with Gasteiger partial charge in [0, 0.05) is 11.6 Å². The molecular weight excluding hydrogens is 181 g/mol. The first-order chi connectivity index (χ1) is 5.13. The Kier molecular flexibility index (Phi) is 4.00. The zero-order chi connectivity index (χ0) is 8.43. The van der Waals surface area contributed by atoms with E-state index in [1.165, 1.54) is 12.1 Å². The van der Waals surface area contributed by atoms with Gasteiger partial charge in [-0.25, -0.2) is 4.39 Å². The van der Waals surface area contributed by atoms with Gasteiger partial charge in [0.05, 0.1) is 0 Å². The molecule has 0 aromatic heterocycles. The number of para-hydroxylation sites is 1. The molecule has 1 aromatic rings. The molecule has 1 rings (SSSR count). The van der Waals surface area contributed by atoms with E-state index in [1.807, 2.05) is 0 Å². The molecule has 1 atom stereocenters. The van der Waals surface area contributed by atoms with Gasteiger partial charge in [-0.3, -0.25) is 0 Å². The summed E-state index contributed by atoms with van der Waals surface area (Å²) in [4.78, 5) is 0. The van der Waals surface area contributed by atoms with Gasteiger partial charge in [0.15, 0.2) is 11.6 Å². The molecule has 0 amide bonds. The first-order valence-corrected chi connectivity index (χ1v) is 3.36. The summed E-state index contributed by atoms with van der Waals surface area (Å²) in [5, 5.41) is 9.11. The van der Waals surface area contributed by atoms with Gasteiger partial charge in [0.1, 0.15) is 0 Å². The van der Waals surface area contributed by atoms with Crippen LogP contribution in [0.15, 0.2) is 18.2 Å². The molecule has 0 bridgehead atoms. The zero-order valence-electron chi connectivity index (χ0n) is 6.62. The van der Waals surface area contributed by atoms with E-state index in [1.54, 1.807) is 13.0 Å². The summed E-state index contributed by atoms with van der Waals surface area (Å²) in [6.45, 7) is 1.69. The Morgan fingerprint density at radius 2 is 2.08 bits per heavy atom. The molecular formula is C8H11ClFNO. The van der Waals surface area contributed by atoms with E-state index in [0.717, 1.165) is 0 Å². The zero-order valence-corrected chi connectivity index (χ0v) is 7.44. The number of phenolic OH excluding ortho intramolecular Hbond substituents is 1. The monoisotopic (exact) mass is 191 g/mol. The minimum Gasteiger partial charge on any atom is -0.505 e. The van der Waals surface area contributed by atoms with E-state index >= 15 is 0 Å². The molecule has 0 fully saturated rings. The van der Waals surface area contributed by atoms with Crippen LogP contribution in [0.3, 0.4) is 0 Å². The summed E-state index contributed by atoms with van der Waals surface area (Å²) in [6.07, 6.45) is 0. The summed E-state index contributed by atoms with van der Waals surface area (Å²) in [6, 6.07) is 3.98. The predicted octanol–water partition coefficient (Wildman–Crippen LogP) is 1.97. The van der Waals surface area contributed by atoms with Crippen LogP contribution in [0, 0.1) is 5.82 Å². The maximum absolute atomic E-state index is 12.6. The molecule has 0 saturated carbocycles. The number of halogens is 2. The number of hydrogen-bond acceptors (Lipinski definition) is 2. The van der Waals surface area contributed by atoms with Crippen LogP contribution in [0.2, 0.25) is 0 Å². The largest absolute Gasteiger partial charge is 0.505 e. The second-order valence-corrected chi connectivity index (χ2v) is 2.47. The maximum atomic E-state index is 12.6. The second-order valence-electron chi connectivity index (χ2n) is 2.47. The molecule has 0 aliphatic carbocycles. The van der Waals surface area contributed by atoms with Gasteiger partial charge >= 0.3 is 0 Å². The van der Waals surface area contributed by atoms with Crippen molar-refractivity contribution in [2.24, 2.45) is 5.73 Å². The Labute approximate surface area is 76.6 Å². The lowest BCUT2D eigenvalue weighted by Gasteiger charge is -2.07. The van der Waals surface area contributed by atoms with E-state index in [4.69, 9.17) is 10.8 Å². The van der Waals surface area contributed by atoms with Crippen molar-refractivity contribution in [1.29, 1.82) is 0 Å². The third kappa shape index (κ3) is 2.09. The quantitative estimate of drug-likeness (QED) is 0.713. The van der Waals surface area contributed by atoms with Crippen molar-refractivity contribution in [3.05, 3.63) is 29.6 Å². The van der Waals surface area contributed by atoms with Crippen LogP contribution in [0.4, 0.5) is 4.39 Å². The molecule has 12 heavy (non-hydrogen) atoms. The summed E-state index contributed by atoms with van der Waals surface area (Å²) >= 11 is 0. The summed E-state index contributed by atoms with van der Waals surface area (Å²) in [7, 11) is 0. The Morgan fingerprint density at radius 1 is 1.50 bits per heavy atom. The van der Waals surface area contributed by atoms with Gasteiger partial charge in [-0.2, -0.15) is 0 Å². The van der Waals surface area contributed by atoms with Crippen molar-refractivity contribution < 1.29 is 9.50 Å². The highest BCUT2D eigenvalue weighted by atomic mass is 35.5. The van der Waals surface area contributed by atoms with E-state index in [-0.39, 0.29) is 24.2 Å². The fourth-order valence-electron chi connectivity index (χ4n) is 0.899. The van der Waals surface area contributed by atoms with E-state index in [0.29, 0.717) is 5.56 Å². The first-order valence-electron chi connectivity index (χ1n) is 3.36. The molecule has 2 nitrogen and oxygen atoms in total. The van der Waals surface area contributed by atoms with Crippen LogP contribution in [0.5, 0.6) is 5.75 Å². The average molecular weight is 192 g/mol. The topological polar surface area (TPSA) is 46.2 Å². The smallest absolute Gasteiger partial charge is 0.165 e. The van der Waals surface area contributed by atoms with Gasteiger partial charge in [0.2, 0.25) is 0 Å². The highest BCUT2D eigenvalue weighted by Crippen LogP contribution is 2.24. The van der Waals surface area contributed by atoms with Crippen molar-refractivity contribution in [2.75, 3.05) is 0 Å². The molecule has 1 aromatic carbocycles. The van der Waals surface area contributed by atoms with Gasteiger partial charge in [-0.1, -0.05) is 12.1 Å². The third-order valence-electron chi connectivity index (χ3n) is 1.51. The van der Waals surface area contributed by atoms with Gasteiger partial charge in [0.25, 0.3) is 0 Å². The van der Waals surface area contributed by atoms with Crippen LogP contribution in [0.1, 0.15) is 18.5 Å². The normalized spacial score (nSPS) is 11.9.